The van der Waals surface area contributed by atoms with Crippen LogP contribution in [0.2, 0.25) is 0 Å². The third kappa shape index (κ3) is 17.0. The van der Waals surface area contributed by atoms with E-state index in [1.54, 1.807) is 12.1 Å². The Labute approximate surface area is 197 Å². The molecule has 0 aromatic heterocycles. The smallest absolute Gasteiger partial charge is 0.124 e. The van der Waals surface area contributed by atoms with E-state index in [0.29, 0.717) is 17.9 Å². The van der Waals surface area contributed by atoms with Gasteiger partial charge in [0.05, 0.1) is 5.70 Å². The lowest BCUT2D eigenvalue weighted by molar-refractivity contribution is 0.376. The van der Waals surface area contributed by atoms with Crippen LogP contribution in [0.4, 0.5) is 4.39 Å². The zero-order valence-corrected chi connectivity index (χ0v) is 21.8. The molecule has 1 atom stereocenters. The van der Waals surface area contributed by atoms with Gasteiger partial charge >= 0.3 is 0 Å². The zero-order valence-electron chi connectivity index (χ0n) is 21.0. The van der Waals surface area contributed by atoms with Crippen LogP contribution < -0.4 is 11.5 Å². The molecule has 3 aliphatic rings. The predicted molar refractivity (Wildman–Crippen MR) is 140 cm³/mol. The second-order valence-electron chi connectivity index (χ2n) is 9.25. The van der Waals surface area contributed by atoms with Gasteiger partial charge < -0.3 is 15.8 Å². The van der Waals surface area contributed by atoms with Crippen molar-refractivity contribution in [3.8, 4) is 0 Å². The summed E-state index contributed by atoms with van der Waals surface area (Å²) in [5.74, 6) is 0.871. The summed E-state index contributed by atoms with van der Waals surface area (Å²) in [5, 5.41) is 0. The van der Waals surface area contributed by atoms with E-state index in [4.69, 9.17) is 5.73 Å². The molecule has 31 heavy (non-hydrogen) atoms. The van der Waals surface area contributed by atoms with Gasteiger partial charge in [-0.1, -0.05) is 47.3 Å². The largest absolute Gasteiger partial charge is 0.405 e. The van der Waals surface area contributed by atoms with Gasteiger partial charge in [-0.3, -0.25) is 0 Å². The molecular weight excluding hydrogens is 407 g/mol. The molecule has 0 aromatic carbocycles. The van der Waals surface area contributed by atoms with Gasteiger partial charge in [0, 0.05) is 37.7 Å². The van der Waals surface area contributed by atoms with Crippen LogP contribution in [0, 0.1) is 11.3 Å². The molecule has 2 fully saturated rings. The fourth-order valence-corrected chi connectivity index (χ4v) is 4.19. The van der Waals surface area contributed by atoms with Gasteiger partial charge in [-0.15, -0.1) is 13.2 Å². The first kappa shape index (κ1) is 31.9. The summed E-state index contributed by atoms with van der Waals surface area (Å²) in [6, 6.07) is 0.491. The Bertz CT molecular complexity index is 529. The van der Waals surface area contributed by atoms with Crippen molar-refractivity contribution < 1.29 is 4.39 Å². The summed E-state index contributed by atoms with van der Waals surface area (Å²) in [5.41, 5.74) is 11.6. The number of nitrogens with two attached hydrogens (primary N) is 2. The Morgan fingerprint density at radius 2 is 1.81 bits per heavy atom. The second kappa shape index (κ2) is 18.3. The summed E-state index contributed by atoms with van der Waals surface area (Å²) < 4.78 is 17.7. The molecule has 0 amide bonds. The molecule has 1 aliphatic heterocycles. The van der Waals surface area contributed by atoms with E-state index < -0.39 is 0 Å². The monoisotopic (exact) mass is 456 g/mol. The van der Waals surface area contributed by atoms with E-state index in [-0.39, 0.29) is 5.83 Å². The molecule has 3 rings (SSSR count). The Morgan fingerprint density at radius 1 is 1.26 bits per heavy atom. The van der Waals surface area contributed by atoms with Crippen LogP contribution in [0.1, 0.15) is 73.1 Å². The fraction of sp³-hybridized carbons (Fsp3) is 0.680. The third-order valence-corrected chi connectivity index (χ3v) is 5.47. The van der Waals surface area contributed by atoms with Crippen LogP contribution in [-0.2, 0) is 0 Å². The fourth-order valence-electron chi connectivity index (χ4n) is 3.18. The van der Waals surface area contributed by atoms with Crippen LogP contribution in [0.25, 0.3) is 0 Å². The predicted octanol–water partition coefficient (Wildman–Crippen LogP) is 6.80. The molecule has 0 aromatic rings. The lowest BCUT2D eigenvalue weighted by Crippen LogP contribution is -2.31. The van der Waals surface area contributed by atoms with Gasteiger partial charge in [0.1, 0.15) is 5.83 Å². The highest BCUT2D eigenvalue weighted by Crippen LogP contribution is 2.35. The van der Waals surface area contributed by atoms with Gasteiger partial charge in [-0.2, -0.15) is 0 Å². The first-order valence-electron chi connectivity index (χ1n) is 11.3. The number of rotatable bonds is 1. The van der Waals surface area contributed by atoms with Crippen molar-refractivity contribution in [2.45, 2.75) is 79.2 Å². The average molecular weight is 457 g/mol. The molecule has 6 heteroatoms. The Hall–Kier alpha value is -1.24. The highest BCUT2D eigenvalue weighted by molar-refractivity contribution is 7.94. The van der Waals surface area contributed by atoms with Crippen molar-refractivity contribution in [2.24, 2.45) is 22.8 Å². The van der Waals surface area contributed by atoms with Gasteiger partial charge in [-0.05, 0) is 62.8 Å². The van der Waals surface area contributed by atoms with Crippen molar-refractivity contribution in [3.05, 3.63) is 49.6 Å². The van der Waals surface area contributed by atoms with E-state index in [1.165, 1.54) is 25.5 Å². The summed E-state index contributed by atoms with van der Waals surface area (Å²) >= 11 is 1.61. The summed E-state index contributed by atoms with van der Waals surface area (Å²) in [6.07, 6.45) is 11.5. The topological polar surface area (TPSA) is 58.5 Å². The number of halogens is 1. The number of hydrogen-bond donors (Lipinski definition) is 2. The van der Waals surface area contributed by atoms with Gasteiger partial charge in [-0.25, -0.2) is 8.70 Å². The lowest BCUT2D eigenvalue weighted by atomic mass is 9.92. The quantitative estimate of drug-likeness (QED) is 0.336. The minimum absolute atomic E-state index is 0.0373. The van der Waals surface area contributed by atoms with E-state index in [2.05, 4.69) is 68.7 Å². The zero-order chi connectivity index (χ0) is 24.4. The van der Waals surface area contributed by atoms with Crippen molar-refractivity contribution in [1.29, 1.82) is 0 Å². The standard InChI is InChI=1S/C10H15FN2S.C7H15N.C4H10.C2H5N.C2H4/c1-12-7-4-8-13(14-12)10-6-3-2-5-9(10)11;1-7(2)4-3-6(8)5-7;1-4(2)3;1-2-3;1-2/h3,6H,2,4-5,7-8H2,1H3;6H,3-5,8H2,1-2H3;4H,1-3H3;2H,1,3H2;1-2H2. The van der Waals surface area contributed by atoms with Crippen LogP contribution in [-0.4, -0.2) is 34.8 Å². The highest BCUT2D eigenvalue weighted by atomic mass is 32.2. The molecule has 2 aliphatic carbocycles. The third-order valence-electron chi connectivity index (χ3n) is 4.43. The minimum atomic E-state index is 0.0373. The molecular formula is C25H49FN4S. The minimum Gasteiger partial charge on any atom is -0.405 e. The van der Waals surface area contributed by atoms with Gasteiger partial charge in [0.25, 0.3) is 0 Å². The number of hydrogen-bond acceptors (Lipinski definition) is 5. The lowest BCUT2D eigenvalue weighted by Gasteiger charge is -2.34. The molecule has 1 saturated heterocycles. The SMILES string of the molecule is C=C.C=CN.CC(C)C.CC1(C)CCC(N)C1.CN1CCCN(C2=C(F)CCC=C2)S1. The molecule has 0 spiro atoms. The van der Waals surface area contributed by atoms with Crippen molar-refractivity contribution in [2.75, 3.05) is 20.1 Å². The maximum atomic E-state index is 13.5. The summed E-state index contributed by atoms with van der Waals surface area (Å²) in [4.78, 5) is 0. The summed E-state index contributed by atoms with van der Waals surface area (Å²) in [7, 11) is 2.04. The number of allylic oxidation sites excluding steroid dienone is 3. The molecule has 4 N–H and O–H groups in total. The average Bonchev–Trinajstić information content (AvgIpc) is 3.01. The number of nitrogens with zero attached hydrogens (tertiary/aromatic N) is 2. The molecule has 182 valence electrons. The highest BCUT2D eigenvalue weighted by Gasteiger charge is 2.28. The van der Waals surface area contributed by atoms with E-state index in [9.17, 15) is 4.39 Å². The second-order valence-corrected chi connectivity index (χ2v) is 10.5. The van der Waals surface area contributed by atoms with E-state index in [0.717, 1.165) is 37.5 Å². The Balaban J connectivity index is 0. The maximum absolute atomic E-state index is 13.5. The normalized spacial score (nSPS) is 22.0. The van der Waals surface area contributed by atoms with Crippen LogP contribution in [0.15, 0.2) is 49.6 Å². The van der Waals surface area contributed by atoms with E-state index >= 15 is 0 Å². The molecule has 1 saturated carbocycles. The first-order chi connectivity index (χ1) is 14.5. The van der Waals surface area contributed by atoms with Crippen molar-refractivity contribution >= 4 is 12.1 Å². The molecule has 1 heterocycles. The Morgan fingerprint density at radius 3 is 2.16 bits per heavy atom. The van der Waals surface area contributed by atoms with E-state index in [1.807, 2.05) is 19.2 Å². The van der Waals surface area contributed by atoms with Gasteiger partial charge in [0.15, 0.2) is 0 Å². The van der Waals surface area contributed by atoms with Gasteiger partial charge in [0.2, 0.25) is 0 Å². The van der Waals surface area contributed by atoms with Crippen LogP contribution in [0.5, 0.6) is 0 Å². The molecule has 1 unspecified atom stereocenters. The first-order valence-corrected chi connectivity index (χ1v) is 12.1. The van der Waals surface area contributed by atoms with Crippen LogP contribution in [0.3, 0.4) is 0 Å². The molecule has 4 nitrogen and oxygen atoms in total. The van der Waals surface area contributed by atoms with Crippen molar-refractivity contribution in [1.82, 2.24) is 8.61 Å². The molecule has 0 bridgehead atoms. The molecule has 0 radical (unpaired) electrons. The van der Waals surface area contributed by atoms with Crippen LogP contribution >= 0.6 is 12.1 Å². The Kier molecular flexibility index (Phi) is 18.9. The summed E-state index contributed by atoms with van der Waals surface area (Å²) in [6.45, 7) is 22.3. The maximum Gasteiger partial charge on any atom is 0.124 e. The van der Waals surface area contributed by atoms with Crippen molar-refractivity contribution in [3.63, 3.8) is 0 Å².